The number of rotatable bonds is 6. The molecular weight excluding hydrogens is 328 g/mol. The number of phenolic OH excluding ortho intramolecular Hbond substituents is 2. The molecule has 0 aliphatic carbocycles. The molecule has 0 saturated heterocycles. The van der Waals surface area contributed by atoms with Crippen LogP contribution in [-0.4, -0.2) is 35.4 Å². The van der Waals surface area contributed by atoms with Crippen LogP contribution in [0.4, 0.5) is 0 Å². The van der Waals surface area contributed by atoms with E-state index in [0.29, 0.717) is 24.7 Å². The number of carbonyl (C=O) groups is 2. The lowest BCUT2D eigenvalue weighted by Crippen LogP contribution is -2.13. The zero-order valence-electron chi connectivity index (χ0n) is 13.8. The maximum Gasteiger partial charge on any atom is 0.349 e. The summed E-state index contributed by atoms with van der Waals surface area (Å²) >= 11 is 0. The summed E-state index contributed by atoms with van der Waals surface area (Å²) in [4.78, 5) is 24.3. The van der Waals surface area contributed by atoms with Gasteiger partial charge >= 0.3 is 11.9 Å². The molecule has 132 valence electrons. The van der Waals surface area contributed by atoms with Crippen molar-refractivity contribution in [2.45, 2.75) is 13.8 Å². The van der Waals surface area contributed by atoms with Gasteiger partial charge in [-0.1, -0.05) is 0 Å². The number of carbonyl (C=O) groups excluding carboxylic acids is 2. The van der Waals surface area contributed by atoms with Crippen molar-refractivity contribution in [1.29, 1.82) is 0 Å². The molecule has 2 N–H and O–H groups in total. The van der Waals surface area contributed by atoms with Crippen LogP contribution in [0.5, 0.6) is 23.0 Å². The van der Waals surface area contributed by atoms with Crippen LogP contribution < -0.4 is 9.47 Å². The standard InChI is InChI=1S/C18H18O7/c1-3-23-11-5-7-15(19)13(9-11)17(21)25-18(22)14-10-12(24-4-2)6-8-16(14)20/h5-10,19-20H,3-4H2,1-2H3. The third kappa shape index (κ3) is 4.41. The Morgan fingerprint density at radius 2 is 1.20 bits per heavy atom. The van der Waals surface area contributed by atoms with E-state index in [1.165, 1.54) is 36.4 Å². The molecule has 0 spiro atoms. The smallest absolute Gasteiger partial charge is 0.349 e. The number of hydrogen-bond acceptors (Lipinski definition) is 7. The molecular formula is C18H18O7. The Kier molecular flexibility index (Phi) is 5.84. The fourth-order valence-corrected chi connectivity index (χ4v) is 2.06. The Morgan fingerprint density at radius 1 is 0.800 bits per heavy atom. The molecule has 2 aromatic rings. The van der Waals surface area contributed by atoms with Gasteiger partial charge in [0.05, 0.1) is 13.2 Å². The Bertz CT molecular complexity index is 717. The van der Waals surface area contributed by atoms with E-state index in [0.717, 1.165) is 0 Å². The van der Waals surface area contributed by atoms with E-state index in [1.807, 2.05) is 0 Å². The van der Waals surface area contributed by atoms with Gasteiger partial charge in [0.1, 0.15) is 34.1 Å². The average molecular weight is 346 g/mol. The third-order valence-electron chi connectivity index (χ3n) is 3.18. The van der Waals surface area contributed by atoms with Crippen molar-refractivity contribution >= 4 is 11.9 Å². The first-order chi connectivity index (χ1) is 12.0. The summed E-state index contributed by atoms with van der Waals surface area (Å²) in [6.45, 7) is 4.28. The monoisotopic (exact) mass is 346 g/mol. The quantitative estimate of drug-likeness (QED) is 0.612. The van der Waals surface area contributed by atoms with Crippen molar-refractivity contribution in [2.75, 3.05) is 13.2 Å². The van der Waals surface area contributed by atoms with Crippen LogP contribution in [0.3, 0.4) is 0 Å². The third-order valence-corrected chi connectivity index (χ3v) is 3.18. The van der Waals surface area contributed by atoms with Gasteiger partial charge in [-0.3, -0.25) is 0 Å². The molecule has 0 heterocycles. The number of aromatic hydroxyl groups is 2. The number of phenols is 2. The fourth-order valence-electron chi connectivity index (χ4n) is 2.06. The Hall–Kier alpha value is -3.22. The largest absolute Gasteiger partial charge is 0.507 e. The molecule has 2 aromatic carbocycles. The van der Waals surface area contributed by atoms with E-state index >= 15 is 0 Å². The highest BCUT2D eigenvalue weighted by Crippen LogP contribution is 2.27. The normalized spacial score (nSPS) is 10.2. The molecule has 0 aliphatic heterocycles. The van der Waals surface area contributed by atoms with Crippen molar-refractivity contribution in [1.82, 2.24) is 0 Å². The predicted molar refractivity (Wildman–Crippen MR) is 88.3 cm³/mol. The Labute approximate surface area is 144 Å². The van der Waals surface area contributed by atoms with Crippen LogP contribution in [0.25, 0.3) is 0 Å². The number of hydrogen-bond donors (Lipinski definition) is 2. The molecule has 0 atom stereocenters. The average Bonchev–Trinajstić information content (AvgIpc) is 2.58. The molecule has 7 nitrogen and oxygen atoms in total. The minimum atomic E-state index is -1.06. The minimum Gasteiger partial charge on any atom is -0.507 e. The molecule has 7 heteroatoms. The van der Waals surface area contributed by atoms with Crippen molar-refractivity contribution < 1.29 is 34.0 Å². The molecule has 0 aromatic heterocycles. The van der Waals surface area contributed by atoms with Gasteiger partial charge in [0.2, 0.25) is 0 Å². The van der Waals surface area contributed by atoms with Gasteiger partial charge < -0.3 is 24.4 Å². The van der Waals surface area contributed by atoms with Crippen LogP contribution in [0.1, 0.15) is 34.6 Å². The molecule has 2 rings (SSSR count). The highest BCUT2D eigenvalue weighted by Gasteiger charge is 2.21. The highest BCUT2D eigenvalue weighted by molar-refractivity contribution is 6.05. The zero-order chi connectivity index (χ0) is 18.4. The Balaban J connectivity index is 2.22. The number of esters is 2. The predicted octanol–water partition coefficient (Wildman–Crippen LogP) is 2.89. The maximum absolute atomic E-state index is 12.2. The molecule has 0 saturated carbocycles. The lowest BCUT2D eigenvalue weighted by atomic mass is 10.1. The molecule has 0 radical (unpaired) electrons. The summed E-state index contributed by atoms with van der Waals surface area (Å²) in [5.41, 5.74) is -0.445. The first kappa shape index (κ1) is 18.1. The second-order valence-electron chi connectivity index (χ2n) is 4.90. The second-order valence-corrected chi connectivity index (χ2v) is 4.90. The number of benzene rings is 2. The molecule has 0 amide bonds. The summed E-state index contributed by atoms with van der Waals surface area (Å²) in [6, 6.07) is 8.03. The minimum absolute atomic E-state index is 0.222. The fraction of sp³-hybridized carbons (Fsp3) is 0.222. The molecule has 0 bridgehead atoms. The summed E-state index contributed by atoms with van der Waals surface area (Å²) in [7, 11) is 0. The van der Waals surface area contributed by atoms with Gasteiger partial charge in [-0.15, -0.1) is 0 Å². The molecule has 0 unspecified atom stereocenters. The van der Waals surface area contributed by atoms with Gasteiger partial charge in [-0.25, -0.2) is 9.59 Å². The van der Waals surface area contributed by atoms with E-state index in [4.69, 9.17) is 14.2 Å². The number of ether oxygens (including phenoxy) is 3. The summed E-state index contributed by atoms with van der Waals surface area (Å²) in [6.07, 6.45) is 0. The van der Waals surface area contributed by atoms with Crippen LogP contribution in [0, 0.1) is 0 Å². The van der Waals surface area contributed by atoms with Crippen LogP contribution in [-0.2, 0) is 4.74 Å². The van der Waals surface area contributed by atoms with E-state index in [2.05, 4.69) is 0 Å². The molecule has 0 fully saturated rings. The van der Waals surface area contributed by atoms with Gasteiger partial charge in [0, 0.05) is 0 Å². The van der Waals surface area contributed by atoms with Crippen molar-refractivity contribution in [3.8, 4) is 23.0 Å². The highest BCUT2D eigenvalue weighted by atomic mass is 16.6. The summed E-state index contributed by atoms with van der Waals surface area (Å²) in [5.74, 6) is -2.14. The lowest BCUT2D eigenvalue weighted by molar-refractivity contribution is 0.0393. The molecule has 0 aliphatic rings. The van der Waals surface area contributed by atoms with E-state index in [9.17, 15) is 19.8 Å². The van der Waals surface area contributed by atoms with Crippen molar-refractivity contribution in [3.05, 3.63) is 47.5 Å². The maximum atomic E-state index is 12.2. The lowest BCUT2D eigenvalue weighted by Gasteiger charge is -2.09. The van der Waals surface area contributed by atoms with Crippen LogP contribution >= 0.6 is 0 Å². The van der Waals surface area contributed by atoms with E-state index in [-0.39, 0.29) is 22.6 Å². The van der Waals surface area contributed by atoms with Gasteiger partial charge in [0.15, 0.2) is 0 Å². The SMILES string of the molecule is CCOc1ccc(O)c(C(=O)OC(=O)c2cc(OCC)ccc2O)c1. The second kappa shape index (κ2) is 8.05. The first-order valence-corrected chi connectivity index (χ1v) is 7.64. The van der Waals surface area contributed by atoms with E-state index in [1.54, 1.807) is 13.8 Å². The summed E-state index contributed by atoms with van der Waals surface area (Å²) in [5, 5.41) is 19.6. The van der Waals surface area contributed by atoms with Crippen molar-refractivity contribution in [2.24, 2.45) is 0 Å². The first-order valence-electron chi connectivity index (χ1n) is 7.64. The topological polar surface area (TPSA) is 102 Å². The van der Waals surface area contributed by atoms with Crippen LogP contribution in [0.2, 0.25) is 0 Å². The van der Waals surface area contributed by atoms with Gasteiger partial charge in [-0.2, -0.15) is 0 Å². The van der Waals surface area contributed by atoms with Gasteiger partial charge in [-0.05, 0) is 50.2 Å². The Morgan fingerprint density at radius 3 is 1.56 bits per heavy atom. The van der Waals surface area contributed by atoms with Gasteiger partial charge in [0.25, 0.3) is 0 Å². The zero-order valence-corrected chi connectivity index (χ0v) is 13.8. The summed E-state index contributed by atoms with van der Waals surface area (Å²) < 4.78 is 15.2. The van der Waals surface area contributed by atoms with Crippen molar-refractivity contribution in [3.63, 3.8) is 0 Å². The van der Waals surface area contributed by atoms with E-state index < -0.39 is 11.9 Å². The molecule has 25 heavy (non-hydrogen) atoms. The van der Waals surface area contributed by atoms with Crippen LogP contribution in [0.15, 0.2) is 36.4 Å².